The minimum atomic E-state index is -0.906. The van der Waals surface area contributed by atoms with Gasteiger partial charge in [0.05, 0.1) is 19.8 Å². The monoisotopic (exact) mass is 329 g/mol. The third-order valence-electron chi connectivity index (χ3n) is 4.26. The number of hydrogen-bond donors (Lipinski definition) is 1. The lowest BCUT2D eigenvalue weighted by Gasteiger charge is -2.42. The van der Waals surface area contributed by atoms with E-state index in [1.807, 2.05) is 18.2 Å². The van der Waals surface area contributed by atoms with Crippen LogP contribution < -0.4 is 0 Å². The third kappa shape index (κ3) is 3.63. The van der Waals surface area contributed by atoms with E-state index >= 15 is 0 Å². The van der Waals surface area contributed by atoms with Gasteiger partial charge in [-0.05, 0) is 29.8 Å². The van der Waals surface area contributed by atoms with E-state index < -0.39 is 5.60 Å². The summed E-state index contributed by atoms with van der Waals surface area (Å²) in [5, 5.41) is 9.89. The molecule has 0 saturated carbocycles. The van der Waals surface area contributed by atoms with Crippen molar-refractivity contribution in [1.82, 2.24) is 4.90 Å². The number of carbonyl (C=O) groups excluding carboxylic acids is 1. The summed E-state index contributed by atoms with van der Waals surface area (Å²) < 4.78 is 19.2. The van der Waals surface area contributed by atoms with E-state index in [1.54, 1.807) is 29.2 Å². The van der Waals surface area contributed by atoms with Crippen molar-refractivity contribution in [2.75, 3.05) is 26.3 Å². The van der Waals surface area contributed by atoms with Crippen molar-refractivity contribution in [2.45, 2.75) is 12.0 Å². The number of hydrogen-bond acceptors (Lipinski definition) is 3. The number of rotatable bonds is 4. The topological polar surface area (TPSA) is 49.8 Å². The molecule has 1 atom stereocenters. The van der Waals surface area contributed by atoms with Gasteiger partial charge in [-0.25, -0.2) is 4.39 Å². The summed E-state index contributed by atoms with van der Waals surface area (Å²) >= 11 is 0. The molecule has 0 unspecified atom stereocenters. The van der Waals surface area contributed by atoms with Gasteiger partial charge in [-0.3, -0.25) is 4.79 Å². The maximum absolute atomic E-state index is 13.4. The van der Waals surface area contributed by atoms with Crippen molar-refractivity contribution >= 4 is 5.91 Å². The zero-order valence-corrected chi connectivity index (χ0v) is 13.3. The Morgan fingerprint density at radius 2 is 2.00 bits per heavy atom. The average molecular weight is 329 g/mol. The van der Waals surface area contributed by atoms with Crippen molar-refractivity contribution in [1.29, 1.82) is 0 Å². The van der Waals surface area contributed by atoms with E-state index in [2.05, 4.69) is 0 Å². The summed E-state index contributed by atoms with van der Waals surface area (Å²) in [5.41, 5.74) is 0.436. The highest BCUT2D eigenvalue weighted by Crippen LogP contribution is 2.24. The minimum Gasteiger partial charge on any atom is -0.393 e. The van der Waals surface area contributed by atoms with Crippen LogP contribution in [0.1, 0.15) is 15.9 Å². The van der Waals surface area contributed by atoms with Gasteiger partial charge in [0.25, 0.3) is 5.91 Å². The molecule has 0 spiro atoms. The zero-order chi connectivity index (χ0) is 17.0. The Kier molecular flexibility index (Phi) is 4.92. The van der Waals surface area contributed by atoms with Gasteiger partial charge < -0.3 is 14.7 Å². The second-order valence-electron chi connectivity index (χ2n) is 6.09. The molecule has 1 aliphatic heterocycles. The Morgan fingerprint density at radius 1 is 1.21 bits per heavy atom. The molecule has 1 amide bonds. The van der Waals surface area contributed by atoms with Crippen LogP contribution in [0.15, 0.2) is 54.6 Å². The molecular formula is C19H20FNO3. The first-order valence-corrected chi connectivity index (χ1v) is 7.95. The van der Waals surface area contributed by atoms with E-state index in [9.17, 15) is 14.3 Å². The van der Waals surface area contributed by atoms with Crippen LogP contribution in [0.2, 0.25) is 0 Å². The quantitative estimate of drug-likeness (QED) is 0.936. The summed E-state index contributed by atoms with van der Waals surface area (Å²) in [6, 6.07) is 15.3. The van der Waals surface area contributed by atoms with E-state index in [1.165, 1.54) is 12.1 Å². The standard InChI is InChI=1S/C19H20FNO3/c20-17-8-4-5-15(11-17)12-19(14-22)13-21(9-10-24-19)18(23)16-6-2-1-3-7-16/h1-8,11,22H,9-10,12-14H2/t19-/m0/s1. The maximum atomic E-state index is 13.4. The number of amides is 1. The highest BCUT2D eigenvalue weighted by atomic mass is 19.1. The van der Waals surface area contributed by atoms with E-state index in [0.29, 0.717) is 25.1 Å². The second kappa shape index (κ2) is 7.11. The Morgan fingerprint density at radius 3 is 2.71 bits per heavy atom. The number of aliphatic hydroxyl groups excluding tert-OH is 1. The molecule has 1 N–H and O–H groups in total. The van der Waals surface area contributed by atoms with Crippen LogP contribution in [-0.2, 0) is 11.2 Å². The second-order valence-corrected chi connectivity index (χ2v) is 6.09. The molecule has 24 heavy (non-hydrogen) atoms. The molecule has 1 saturated heterocycles. The molecule has 1 heterocycles. The number of ether oxygens (including phenoxy) is 1. The van der Waals surface area contributed by atoms with Crippen LogP contribution in [0.25, 0.3) is 0 Å². The first kappa shape index (κ1) is 16.6. The van der Waals surface area contributed by atoms with Crippen LogP contribution >= 0.6 is 0 Å². The van der Waals surface area contributed by atoms with Crippen LogP contribution in [-0.4, -0.2) is 47.8 Å². The Balaban J connectivity index is 1.78. The number of carbonyl (C=O) groups is 1. The minimum absolute atomic E-state index is 0.0871. The van der Waals surface area contributed by atoms with Crippen molar-refractivity contribution in [3.8, 4) is 0 Å². The van der Waals surface area contributed by atoms with E-state index in [4.69, 9.17) is 4.74 Å². The lowest BCUT2D eigenvalue weighted by atomic mass is 9.92. The van der Waals surface area contributed by atoms with Crippen molar-refractivity contribution in [2.24, 2.45) is 0 Å². The lowest BCUT2D eigenvalue weighted by molar-refractivity contribution is -0.123. The van der Waals surface area contributed by atoms with Crippen LogP contribution in [0.5, 0.6) is 0 Å². The maximum Gasteiger partial charge on any atom is 0.254 e. The van der Waals surface area contributed by atoms with Gasteiger partial charge in [-0.1, -0.05) is 30.3 Å². The van der Waals surface area contributed by atoms with Gasteiger partial charge in [0.1, 0.15) is 11.4 Å². The Labute approximate surface area is 140 Å². The highest BCUT2D eigenvalue weighted by molar-refractivity contribution is 5.94. The Bertz CT molecular complexity index is 707. The molecule has 2 aromatic carbocycles. The fourth-order valence-electron chi connectivity index (χ4n) is 3.06. The molecule has 0 aliphatic carbocycles. The largest absolute Gasteiger partial charge is 0.393 e. The van der Waals surface area contributed by atoms with Gasteiger partial charge >= 0.3 is 0 Å². The van der Waals surface area contributed by atoms with Gasteiger partial charge in [-0.15, -0.1) is 0 Å². The fourth-order valence-corrected chi connectivity index (χ4v) is 3.06. The lowest BCUT2D eigenvalue weighted by Crippen LogP contribution is -2.56. The summed E-state index contributed by atoms with van der Waals surface area (Å²) in [6.45, 7) is 0.850. The molecule has 4 nitrogen and oxygen atoms in total. The summed E-state index contributed by atoms with van der Waals surface area (Å²) in [7, 11) is 0. The Hall–Kier alpha value is -2.24. The van der Waals surface area contributed by atoms with E-state index in [-0.39, 0.29) is 24.9 Å². The van der Waals surface area contributed by atoms with Crippen molar-refractivity contribution in [3.63, 3.8) is 0 Å². The summed E-state index contributed by atoms with van der Waals surface area (Å²) in [6.07, 6.45) is 0.347. The summed E-state index contributed by atoms with van der Waals surface area (Å²) in [5.74, 6) is -0.412. The SMILES string of the molecule is O=C(c1ccccc1)N1CCO[C@@](CO)(Cc2cccc(F)c2)C1. The predicted octanol–water partition coefficient (Wildman–Crippen LogP) is 2.27. The first-order valence-electron chi connectivity index (χ1n) is 7.95. The molecule has 0 radical (unpaired) electrons. The van der Waals surface area contributed by atoms with Gasteiger partial charge in [0.15, 0.2) is 0 Å². The molecule has 126 valence electrons. The fraction of sp³-hybridized carbons (Fsp3) is 0.316. The third-order valence-corrected chi connectivity index (χ3v) is 4.26. The highest BCUT2D eigenvalue weighted by Gasteiger charge is 2.38. The molecule has 1 aliphatic rings. The number of halogens is 1. The molecular weight excluding hydrogens is 309 g/mol. The number of nitrogens with zero attached hydrogens (tertiary/aromatic N) is 1. The smallest absolute Gasteiger partial charge is 0.254 e. The average Bonchev–Trinajstić information content (AvgIpc) is 2.62. The zero-order valence-electron chi connectivity index (χ0n) is 13.3. The summed E-state index contributed by atoms with van der Waals surface area (Å²) in [4.78, 5) is 14.3. The van der Waals surface area contributed by atoms with Crippen molar-refractivity contribution < 1.29 is 19.0 Å². The van der Waals surface area contributed by atoms with E-state index in [0.717, 1.165) is 5.56 Å². The number of aliphatic hydroxyl groups is 1. The predicted molar refractivity (Wildman–Crippen MR) is 88.2 cm³/mol. The molecule has 5 heteroatoms. The van der Waals surface area contributed by atoms with Crippen LogP contribution in [0.3, 0.4) is 0 Å². The van der Waals surface area contributed by atoms with Crippen LogP contribution in [0.4, 0.5) is 4.39 Å². The molecule has 2 aromatic rings. The van der Waals surface area contributed by atoms with Crippen LogP contribution in [0, 0.1) is 5.82 Å². The molecule has 3 rings (SSSR count). The number of morpholine rings is 1. The van der Waals surface area contributed by atoms with Crippen molar-refractivity contribution in [3.05, 3.63) is 71.5 Å². The molecule has 0 bridgehead atoms. The van der Waals surface area contributed by atoms with Gasteiger partial charge in [0.2, 0.25) is 0 Å². The first-order chi connectivity index (χ1) is 11.6. The molecule has 1 fully saturated rings. The molecule has 0 aromatic heterocycles. The number of benzene rings is 2. The van der Waals surface area contributed by atoms with Gasteiger partial charge in [0, 0.05) is 18.5 Å². The van der Waals surface area contributed by atoms with Gasteiger partial charge in [-0.2, -0.15) is 0 Å². The normalized spacial score (nSPS) is 20.8.